The molecule has 3 heterocycles. The van der Waals surface area contributed by atoms with E-state index >= 15 is 0 Å². The minimum absolute atomic E-state index is 0.102. The number of carbonyl (C=O) groups is 1. The van der Waals surface area contributed by atoms with E-state index in [2.05, 4.69) is 47.6 Å². The van der Waals surface area contributed by atoms with Gasteiger partial charge in [-0.2, -0.15) is 4.98 Å². The van der Waals surface area contributed by atoms with Crippen molar-refractivity contribution in [1.82, 2.24) is 19.9 Å². The van der Waals surface area contributed by atoms with E-state index in [1.807, 2.05) is 0 Å². The van der Waals surface area contributed by atoms with E-state index < -0.39 is 0 Å². The van der Waals surface area contributed by atoms with Crippen molar-refractivity contribution in [3.05, 3.63) is 11.7 Å². The normalized spacial score (nSPS) is 22.2. The molecule has 0 saturated carbocycles. The molecule has 2 aliphatic heterocycles. The Labute approximate surface area is 150 Å². The molecule has 1 unspecified atom stereocenters. The van der Waals surface area contributed by atoms with Crippen molar-refractivity contribution in [2.45, 2.75) is 71.3 Å². The quantitative estimate of drug-likeness (QED) is 0.840. The average molecular weight is 348 g/mol. The highest BCUT2D eigenvalue weighted by Gasteiger charge is 2.33. The Morgan fingerprint density at radius 1 is 1.12 bits per heavy atom. The van der Waals surface area contributed by atoms with E-state index in [-0.39, 0.29) is 17.4 Å². The van der Waals surface area contributed by atoms with Gasteiger partial charge in [-0.05, 0) is 52.1 Å². The van der Waals surface area contributed by atoms with Crippen molar-refractivity contribution in [2.24, 2.45) is 5.92 Å². The number of carbonyl (C=O) groups excluding carboxylic acids is 1. The van der Waals surface area contributed by atoms with Crippen LogP contribution in [0.25, 0.3) is 0 Å². The number of likely N-dealkylation sites (tertiary alicyclic amines) is 2. The lowest BCUT2D eigenvalue weighted by molar-refractivity contribution is -0.138. The molecule has 2 saturated heterocycles. The minimum atomic E-state index is -0.102. The maximum atomic E-state index is 12.7. The van der Waals surface area contributed by atoms with Crippen LogP contribution in [-0.4, -0.2) is 52.0 Å². The molecule has 0 bridgehead atoms. The van der Waals surface area contributed by atoms with Crippen molar-refractivity contribution in [2.75, 3.05) is 26.2 Å². The topological polar surface area (TPSA) is 62.5 Å². The summed E-state index contributed by atoms with van der Waals surface area (Å²) in [7, 11) is 0. The van der Waals surface area contributed by atoms with Crippen LogP contribution in [-0.2, 0) is 10.2 Å². The summed E-state index contributed by atoms with van der Waals surface area (Å²) in [6, 6.07) is 0.106. The van der Waals surface area contributed by atoms with Gasteiger partial charge in [0.2, 0.25) is 11.8 Å². The molecule has 0 spiro atoms. The first kappa shape index (κ1) is 18.4. The van der Waals surface area contributed by atoms with Crippen LogP contribution >= 0.6 is 0 Å². The SMILES string of the molecule is CC(c1nc(C(C)(C)C)no1)N1CCC(C(=O)N2CCCCC2)CC1. The maximum Gasteiger partial charge on any atom is 0.243 e. The van der Waals surface area contributed by atoms with Crippen LogP contribution in [0.15, 0.2) is 4.52 Å². The van der Waals surface area contributed by atoms with E-state index in [1.165, 1.54) is 6.42 Å². The van der Waals surface area contributed by atoms with E-state index in [9.17, 15) is 4.79 Å². The first-order valence-corrected chi connectivity index (χ1v) is 9.73. The molecule has 1 aromatic rings. The van der Waals surface area contributed by atoms with E-state index in [0.717, 1.165) is 57.7 Å². The van der Waals surface area contributed by atoms with Gasteiger partial charge < -0.3 is 9.42 Å². The fraction of sp³-hybridized carbons (Fsp3) is 0.842. The maximum absolute atomic E-state index is 12.7. The number of aromatic nitrogens is 2. The minimum Gasteiger partial charge on any atom is -0.342 e. The lowest BCUT2D eigenvalue weighted by atomic mass is 9.93. The molecule has 1 atom stereocenters. The van der Waals surface area contributed by atoms with Gasteiger partial charge in [-0.25, -0.2) is 0 Å². The molecule has 0 radical (unpaired) electrons. The number of amides is 1. The van der Waals surface area contributed by atoms with Gasteiger partial charge in [0, 0.05) is 24.4 Å². The predicted molar refractivity (Wildman–Crippen MR) is 96.1 cm³/mol. The molecule has 1 aromatic heterocycles. The number of rotatable bonds is 3. The molecule has 3 rings (SSSR count). The van der Waals surface area contributed by atoms with Crippen LogP contribution < -0.4 is 0 Å². The summed E-state index contributed by atoms with van der Waals surface area (Å²) in [4.78, 5) is 21.7. The molecule has 140 valence electrons. The number of hydrogen-bond acceptors (Lipinski definition) is 5. The summed E-state index contributed by atoms with van der Waals surface area (Å²) in [5.74, 6) is 2.00. The van der Waals surface area contributed by atoms with Crippen LogP contribution in [0.2, 0.25) is 0 Å². The highest BCUT2D eigenvalue weighted by Crippen LogP contribution is 2.29. The van der Waals surface area contributed by atoms with E-state index in [1.54, 1.807) is 0 Å². The van der Waals surface area contributed by atoms with Crippen molar-refractivity contribution >= 4 is 5.91 Å². The monoisotopic (exact) mass is 348 g/mol. The fourth-order valence-corrected chi connectivity index (χ4v) is 3.77. The smallest absolute Gasteiger partial charge is 0.243 e. The van der Waals surface area contributed by atoms with Gasteiger partial charge >= 0.3 is 0 Å². The van der Waals surface area contributed by atoms with Crippen molar-refractivity contribution in [3.63, 3.8) is 0 Å². The van der Waals surface area contributed by atoms with Gasteiger partial charge in [0.15, 0.2) is 5.82 Å². The molecule has 0 aliphatic carbocycles. The number of nitrogens with zero attached hydrogens (tertiary/aromatic N) is 4. The average Bonchev–Trinajstić information content (AvgIpc) is 3.12. The first-order valence-electron chi connectivity index (χ1n) is 9.73. The molecular formula is C19H32N4O2. The summed E-state index contributed by atoms with van der Waals surface area (Å²) in [5.41, 5.74) is -0.102. The lowest BCUT2D eigenvalue weighted by Gasteiger charge is -2.37. The van der Waals surface area contributed by atoms with Gasteiger partial charge in [-0.15, -0.1) is 0 Å². The van der Waals surface area contributed by atoms with Crippen LogP contribution in [0.1, 0.15) is 77.6 Å². The molecule has 1 amide bonds. The summed E-state index contributed by atoms with van der Waals surface area (Å²) < 4.78 is 5.50. The van der Waals surface area contributed by atoms with Crippen LogP contribution in [0.3, 0.4) is 0 Å². The highest BCUT2D eigenvalue weighted by atomic mass is 16.5. The number of hydrogen-bond donors (Lipinski definition) is 0. The van der Waals surface area contributed by atoms with Gasteiger partial charge in [0.05, 0.1) is 6.04 Å². The van der Waals surface area contributed by atoms with Gasteiger partial charge in [-0.1, -0.05) is 25.9 Å². The molecule has 6 heteroatoms. The Hall–Kier alpha value is -1.43. The van der Waals surface area contributed by atoms with Crippen LogP contribution in [0.4, 0.5) is 0 Å². The summed E-state index contributed by atoms with van der Waals surface area (Å²) in [6.07, 6.45) is 5.45. The predicted octanol–water partition coefficient (Wildman–Crippen LogP) is 3.15. The largest absolute Gasteiger partial charge is 0.342 e. The Bertz CT molecular complexity index is 578. The van der Waals surface area contributed by atoms with Crippen LogP contribution in [0, 0.1) is 5.92 Å². The third-order valence-electron chi connectivity index (χ3n) is 5.56. The van der Waals surface area contributed by atoms with Crippen molar-refractivity contribution in [1.29, 1.82) is 0 Å². The van der Waals surface area contributed by atoms with E-state index in [4.69, 9.17) is 4.52 Å². The molecule has 6 nitrogen and oxygen atoms in total. The second-order valence-electron chi connectivity index (χ2n) is 8.58. The van der Waals surface area contributed by atoms with Gasteiger partial charge in [0.25, 0.3) is 0 Å². The second kappa shape index (κ2) is 7.44. The second-order valence-corrected chi connectivity index (χ2v) is 8.58. The highest BCUT2D eigenvalue weighted by molar-refractivity contribution is 5.79. The zero-order valence-electron chi connectivity index (χ0n) is 16.1. The number of piperidine rings is 2. The zero-order chi connectivity index (χ0) is 18.0. The summed E-state index contributed by atoms with van der Waals surface area (Å²) in [6.45, 7) is 12.1. The Kier molecular flexibility index (Phi) is 5.46. The zero-order valence-corrected chi connectivity index (χ0v) is 16.1. The Balaban J connectivity index is 1.54. The standard InChI is InChI=1S/C19H32N4O2/c1-14(16-20-18(21-25-16)19(2,3)4)22-12-8-15(9-13-22)17(24)23-10-6-5-7-11-23/h14-15H,5-13H2,1-4H3. The third-order valence-corrected chi connectivity index (χ3v) is 5.56. The summed E-state index contributed by atoms with van der Waals surface area (Å²) >= 11 is 0. The Morgan fingerprint density at radius 3 is 2.32 bits per heavy atom. The lowest BCUT2D eigenvalue weighted by Crippen LogP contribution is -2.44. The summed E-state index contributed by atoms with van der Waals surface area (Å²) in [5, 5.41) is 4.13. The molecule has 2 fully saturated rings. The first-order chi connectivity index (χ1) is 11.9. The fourth-order valence-electron chi connectivity index (χ4n) is 3.77. The molecular weight excluding hydrogens is 316 g/mol. The van der Waals surface area contributed by atoms with Crippen molar-refractivity contribution < 1.29 is 9.32 Å². The molecule has 0 N–H and O–H groups in total. The molecule has 2 aliphatic rings. The van der Waals surface area contributed by atoms with Gasteiger partial charge in [-0.3, -0.25) is 9.69 Å². The van der Waals surface area contributed by atoms with Crippen LogP contribution in [0.5, 0.6) is 0 Å². The third kappa shape index (κ3) is 4.22. The Morgan fingerprint density at radius 2 is 1.76 bits per heavy atom. The molecule has 0 aromatic carbocycles. The van der Waals surface area contributed by atoms with E-state index in [0.29, 0.717) is 11.8 Å². The van der Waals surface area contributed by atoms with Gasteiger partial charge in [0.1, 0.15) is 0 Å². The molecule has 25 heavy (non-hydrogen) atoms. The van der Waals surface area contributed by atoms with Crippen molar-refractivity contribution in [3.8, 4) is 0 Å².